The van der Waals surface area contributed by atoms with Gasteiger partial charge in [0.2, 0.25) is 10.0 Å². The third-order valence-corrected chi connectivity index (χ3v) is 4.34. The smallest absolute Gasteiger partial charge is 0.232 e. The van der Waals surface area contributed by atoms with Crippen LogP contribution >= 0.6 is 0 Å². The normalized spacial score (nSPS) is 11.9. The fraction of sp³-hybridized carbons (Fsp3) is 0.417. The minimum absolute atomic E-state index is 0.131. The Labute approximate surface area is 107 Å². The summed E-state index contributed by atoms with van der Waals surface area (Å²) in [6.45, 7) is 3.76. The number of hydrogen-bond acceptors (Lipinski definition) is 3. The van der Waals surface area contributed by atoms with Gasteiger partial charge in [0.05, 0.1) is 22.5 Å². The number of imidazole rings is 1. The summed E-state index contributed by atoms with van der Waals surface area (Å²) in [5.41, 5.74) is 2.35. The van der Waals surface area contributed by atoms with Crippen molar-refractivity contribution in [3.8, 4) is 0 Å². The molecule has 18 heavy (non-hydrogen) atoms. The summed E-state index contributed by atoms with van der Waals surface area (Å²) in [6.07, 6.45) is 0.597. The summed E-state index contributed by atoms with van der Waals surface area (Å²) >= 11 is 0. The van der Waals surface area contributed by atoms with Crippen molar-refractivity contribution in [3.05, 3.63) is 24.0 Å². The van der Waals surface area contributed by atoms with E-state index in [-0.39, 0.29) is 5.75 Å². The van der Waals surface area contributed by atoms with E-state index in [0.717, 1.165) is 16.9 Å². The van der Waals surface area contributed by atoms with Gasteiger partial charge in [-0.1, -0.05) is 6.92 Å². The second kappa shape index (κ2) is 4.61. The van der Waals surface area contributed by atoms with E-state index in [0.29, 0.717) is 12.1 Å². The average Bonchev–Trinajstić information content (AvgIpc) is 2.53. The molecule has 0 bridgehead atoms. The van der Waals surface area contributed by atoms with Crippen molar-refractivity contribution in [1.29, 1.82) is 0 Å². The Morgan fingerprint density at radius 1 is 1.39 bits per heavy atom. The number of aromatic nitrogens is 2. The number of sulfonamides is 1. The van der Waals surface area contributed by atoms with Gasteiger partial charge in [0.25, 0.3) is 0 Å². The lowest BCUT2D eigenvalue weighted by molar-refractivity contribution is 0.600. The first-order valence-electron chi connectivity index (χ1n) is 5.86. The largest absolute Gasteiger partial charge is 0.331 e. The van der Waals surface area contributed by atoms with E-state index >= 15 is 0 Å². The highest BCUT2D eigenvalue weighted by Gasteiger charge is 2.10. The maximum absolute atomic E-state index is 11.7. The molecule has 1 N–H and O–H groups in total. The van der Waals surface area contributed by atoms with Crippen molar-refractivity contribution in [3.63, 3.8) is 0 Å². The third kappa shape index (κ3) is 2.48. The van der Waals surface area contributed by atoms with Gasteiger partial charge in [-0.25, -0.2) is 13.4 Å². The molecule has 0 amide bonds. The van der Waals surface area contributed by atoms with Crippen LogP contribution in [0.3, 0.4) is 0 Å². The highest BCUT2D eigenvalue weighted by Crippen LogP contribution is 2.20. The molecule has 98 valence electrons. The van der Waals surface area contributed by atoms with Crippen LogP contribution < -0.4 is 4.72 Å². The summed E-state index contributed by atoms with van der Waals surface area (Å²) in [5, 5.41) is 0. The molecule has 0 aliphatic rings. The molecule has 0 aliphatic heterocycles. The predicted molar refractivity (Wildman–Crippen MR) is 73.2 cm³/mol. The van der Waals surface area contributed by atoms with Crippen molar-refractivity contribution < 1.29 is 8.42 Å². The molecule has 0 unspecified atom stereocenters. The second-order valence-corrected chi connectivity index (χ2v) is 6.18. The molecule has 2 rings (SSSR count). The van der Waals surface area contributed by atoms with Crippen LogP contribution in [0.1, 0.15) is 19.2 Å². The molecule has 0 saturated carbocycles. The monoisotopic (exact) mass is 267 g/mol. The fourth-order valence-corrected chi connectivity index (χ4v) is 3.01. The van der Waals surface area contributed by atoms with Gasteiger partial charge in [-0.05, 0) is 31.5 Å². The van der Waals surface area contributed by atoms with Crippen LogP contribution in [0.5, 0.6) is 0 Å². The predicted octanol–water partition coefficient (Wildman–Crippen LogP) is 2.03. The van der Waals surface area contributed by atoms with Gasteiger partial charge >= 0.3 is 0 Å². The van der Waals surface area contributed by atoms with Crippen molar-refractivity contribution in [1.82, 2.24) is 9.55 Å². The molecule has 1 aromatic heterocycles. The van der Waals surface area contributed by atoms with Crippen LogP contribution in [0.4, 0.5) is 5.69 Å². The molecule has 0 atom stereocenters. The Bertz CT molecular complexity index is 674. The number of nitrogens with zero attached hydrogens (tertiary/aromatic N) is 2. The topological polar surface area (TPSA) is 64.0 Å². The van der Waals surface area contributed by atoms with Crippen LogP contribution in [0, 0.1) is 6.92 Å². The lowest BCUT2D eigenvalue weighted by Gasteiger charge is -2.06. The summed E-state index contributed by atoms with van der Waals surface area (Å²) in [6, 6.07) is 5.39. The number of nitrogens with one attached hydrogen (secondary N) is 1. The number of benzene rings is 1. The quantitative estimate of drug-likeness (QED) is 0.922. The molecule has 5 nitrogen and oxygen atoms in total. The number of anilines is 1. The SMILES string of the molecule is CCCS(=O)(=O)Nc1ccc2c(c1)nc(C)n2C. The Balaban J connectivity index is 2.37. The minimum atomic E-state index is -3.24. The van der Waals surface area contributed by atoms with E-state index < -0.39 is 10.0 Å². The van der Waals surface area contributed by atoms with E-state index in [1.165, 1.54) is 0 Å². The molecule has 0 fully saturated rings. The Morgan fingerprint density at radius 3 is 2.78 bits per heavy atom. The molecule has 0 radical (unpaired) electrons. The first-order valence-corrected chi connectivity index (χ1v) is 7.52. The highest BCUT2D eigenvalue weighted by atomic mass is 32.2. The van der Waals surface area contributed by atoms with Gasteiger partial charge in [-0.3, -0.25) is 4.72 Å². The van der Waals surface area contributed by atoms with Gasteiger partial charge in [-0.2, -0.15) is 0 Å². The van der Waals surface area contributed by atoms with Gasteiger partial charge in [0.1, 0.15) is 5.82 Å². The van der Waals surface area contributed by atoms with Crippen LogP contribution in [-0.2, 0) is 17.1 Å². The van der Waals surface area contributed by atoms with E-state index in [2.05, 4.69) is 9.71 Å². The van der Waals surface area contributed by atoms with Gasteiger partial charge in [0, 0.05) is 7.05 Å². The zero-order chi connectivity index (χ0) is 13.3. The maximum atomic E-state index is 11.7. The van der Waals surface area contributed by atoms with E-state index in [4.69, 9.17) is 0 Å². The molecule has 6 heteroatoms. The van der Waals surface area contributed by atoms with E-state index in [1.54, 1.807) is 12.1 Å². The molecule has 1 aromatic carbocycles. The zero-order valence-corrected chi connectivity index (χ0v) is 11.6. The zero-order valence-electron chi connectivity index (χ0n) is 10.8. The summed E-state index contributed by atoms with van der Waals surface area (Å²) < 4.78 is 27.9. The van der Waals surface area contributed by atoms with E-state index in [1.807, 2.05) is 31.5 Å². The molecule has 0 saturated heterocycles. The number of rotatable bonds is 4. The molecule has 1 heterocycles. The lowest BCUT2D eigenvalue weighted by atomic mass is 10.3. The fourth-order valence-electron chi connectivity index (χ4n) is 1.88. The van der Waals surface area contributed by atoms with Crippen LogP contribution in [0.15, 0.2) is 18.2 Å². The molecular weight excluding hydrogens is 250 g/mol. The molecule has 0 aliphatic carbocycles. The van der Waals surface area contributed by atoms with Gasteiger partial charge in [0.15, 0.2) is 0 Å². The van der Waals surface area contributed by atoms with Crippen molar-refractivity contribution >= 4 is 26.7 Å². The van der Waals surface area contributed by atoms with Crippen LogP contribution in [0.2, 0.25) is 0 Å². The number of fused-ring (bicyclic) bond motifs is 1. The molecule has 0 spiro atoms. The number of hydrogen-bond donors (Lipinski definition) is 1. The van der Waals surface area contributed by atoms with E-state index in [9.17, 15) is 8.42 Å². The van der Waals surface area contributed by atoms with Gasteiger partial charge in [-0.15, -0.1) is 0 Å². The summed E-state index contributed by atoms with van der Waals surface area (Å²) in [7, 11) is -1.31. The second-order valence-electron chi connectivity index (χ2n) is 4.34. The Kier molecular flexibility index (Phi) is 3.30. The standard InChI is InChI=1S/C12H17N3O2S/c1-4-7-18(16,17)14-10-5-6-12-11(8-10)13-9(2)15(12)3/h5-6,8,14H,4,7H2,1-3H3. The van der Waals surface area contributed by atoms with Crippen LogP contribution in [0.25, 0.3) is 11.0 Å². The minimum Gasteiger partial charge on any atom is -0.331 e. The van der Waals surface area contributed by atoms with Crippen molar-refractivity contribution in [2.45, 2.75) is 20.3 Å². The number of aryl methyl sites for hydroxylation is 2. The molecule has 2 aromatic rings. The highest BCUT2D eigenvalue weighted by molar-refractivity contribution is 7.92. The Hall–Kier alpha value is -1.56. The first kappa shape index (κ1) is 12.9. The summed E-state index contributed by atoms with van der Waals surface area (Å²) in [5.74, 6) is 1.03. The first-order chi connectivity index (χ1) is 8.43. The Morgan fingerprint density at radius 2 is 2.11 bits per heavy atom. The summed E-state index contributed by atoms with van der Waals surface area (Å²) in [4.78, 5) is 4.38. The van der Waals surface area contributed by atoms with Gasteiger partial charge < -0.3 is 4.57 Å². The maximum Gasteiger partial charge on any atom is 0.232 e. The average molecular weight is 267 g/mol. The van der Waals surface area contributed by atoms with Crippen molar-refractivity contribution in [2.24, 2.45) is 7.05 Å². The van der Waals surface area contributed by atoms with Crippen LogP contribution in [-0.4, -0.2) is 23.7 Å². The third-order valence-electron chi connectivity index (χ3n) is 2.85. The van der Waals surface area contributed by atoms with Crippen molar-refractivity contribution in [2.75, 3.05) is 10.5 Å². The lowest BCUT2D eigenvalue weighted by Crippen LogP contribution is -2.15. The molecular formula is C12H17N3O2S.